The molecule has 1 aliphatic rings. The van der Waals surface area contributed by atoms with E-state index >= 15 is 0 Å². The molecule has 1 aliphatic heterocycles. The molecule has 0 spiro atoms. The van der Waals surface area contributed by atoms with Crippen LogP contribution >= 0.6 is 0 Å². The summed E-state index contributed by atoms with van der Waals surface area (Å²) in [6.45, 7) is 3.30. The van der Waals surface area contributed by atoms with E-state index in [9.17, 15) is 10.1 Å². The largest absolute Gasteiger partial charge is 0.338 e. The Kier molecular flexibility index (Phi) is 3.30. The van der Waals surface area contributed by atoms with Gasteiger partial charge in [0, 0.05) is 36.3 Å². The van der Waals surface area contributed by atoms with Gasteiger partial charge in [-0.2, -0.15) is 4.98 Å². The molecule has 1 unspecified atom stereocenters. The molecule has 110 valence electrons. The van der Waals surface area contributed by atoms with Crippen LogP contribution in [0.5, 0.6) is 0 Å². The Bertz CT molecular complexity index is 683. The Morgan fingerprint density at radius 3 is 2.95 bits per heavy atom. The zero-order valence-electron chi connectivity index (χ0n) is 11.6. The average Bonchev–Trinajstić information content (AvgIpc) is 3.06. The Labute approximate surface area is 121 Å². The lowest BCUT2D eigenvalue weighted by molar-refractivity contribution is -0.385. The van der Waals surface area contributed by atoms with Crippen molar-refractivity contribution < 1.29 is 4.92 Å². The lowest BCUT2D eigenvalue weighted by atomic mass is 10.1. The minimum atomic E-state index is -0.392. The summed E-state index contributed by atoms with van der Waals surface area (Å²) in [6.07, 6.45) is 0.931. The fraction of sp³-hybridized carbons (Fsp3) is 0.385. The van der Waals surface area contributed by atoms with E-state index in [2.05, 4.69) is 15.2 Å². The Morgan fingerprint density at radius 2 is 2.33 bits per heavy atom. The van der Waals surface area contributed by atoms with Crippen molar-refractivity contribution in [3.05, 3.63) is 33.9 Å². The highest BCUT2D eigenvalue weighted by Crippen LogP contribution is 2.25. The predicted octanol–water partition coefficient (Wildman–Crippen LogP) is 1.23. The van der Waals surface area contributed by atoms with Crippen LogP contribution in [0.2, 0.25) is 0 Å². The van der Waals surface area contributed by atoms with Gasteiger partial charge < -0.3 is 10.6 Å². The standard InChI is InChI=1S/C13H16N6O2/c1-8-6-9(2-3-11(8)19(20)21)12-15-13(17-16-12)18-5-4-10(14)7-18/h2-3,6,10H,4-5,7,14H2,1H3,(H,15,16,17). The molecule has 21 heavy (non-hydrogen) atoms. The van der Waals surface area contributed by atoms with E-state index < -0.39 is 4.92 Å². The van der Waals surface area contributed by atoms with Gasteiger partial charge in [-0.05, 0) is 25.5 Å². The molecule has 8 heteroatoms. The molecule has 8 nitrogen and oxygen atoms in total. The van der Waals surface area contributed by atoms with E-state index in [4.69, 9.17) is 5.73 Å². The van der Waals surface area contributed by atoms with Gasteiger partial charge in [-0.15, -0.1) is 5.10 Å². The van der Waals surface area contributed by atoms with Crippen molar-refractivity contribution in [2.45, 2.75) is 19.4 Å². The van der Waals surface area contributed by atoms with E-state index in [1.54, 1.807) is 19.1 Å². The monoisotopic (exact) mass is 288 g/mol. The molecule has 1 aromatic heterocycles. The molecule has 2 heterocycles. The Hall–Kier alpha value is -2.48. The fourth-order valence-corrected chi connectivity index (χ4v) is 2.50. The van der Waals surface area contributed by atoms with Crippen LogP contribution in [-0.2, 0) is 0 Å². The van der Waals surface area contributed by atoms with Gasteiger partial charge in [-0.3, -0.25) is 15.2 Å². The summed E-state index contributed by atoms with van der Waals surface area (Å²) in [5, 5.41) is 17.9. The summed E-state index contributed by atoms with van der Waals surface area (Å²) in [4.78, 5) is 16.9. The smallest absolute Gasteiger partial charge is 0.272 e. The van der Waals surface area contributed by atoms with E-state index in [1.165, 1.54) is 6.07 Å². The molecule has 3 rings (SSSR count). The second-order valence-electron chi connectivity index (χ2n) is 5.24. The maximum atomic E-state index is 10.8. The molecule has 0 radical (unpaired) electrons. The molecule has 0 amide bonds. The minimum absolute atomic E-state index is 0.101. The number of rotatable bonds is 3. The van der Waals surface area contributed by atoms with E-state index in [-0.39, 0.29) is 11.7 Å². The Balaban J connectivity index is 1.86. The summed E-state index contributed by atoms with van der Waals surface area (Å²) in [5.41, 5.74) is 7.35. The number of aromatic amines is 1. The van der Waals surface area contributed by atoms with Gasteiger partial charge in [0.05, 0.1) is 4.92 Å². The number of hydrogen-bond donors (Lipinski definition) is 2. The summed E-state index contributed by atoms with van der Waals surface area (Å²) in [6, 6.07) is 5.05. The van der Waals surface area contributed by atoms with Crippen LogP contribution in [-0.4, -0.2) is 39.2 Å². The number of benzene rings is 1. The number of H-pyrrole nitrogens is 1. The lowest BCUT2D eigenvalue weighted by Gasteiger charge is -2.11. The number of aromatic nitrogens is 3. The molecular weight excluding hydrogens is 272 g/mol. The summed E-state index contributed by atoms with van der Waals surface area (Å²) in [7, 11) is 0. The number of aryl methyl sites for hydroxylation is 1. The van der Waals surface area contributed by atoms with Crippen LogP contribution in [0.3, 0.4) is 0 Å². The third-order valence-corrected chi connectivity index (χ3v) is 3.65. The normalized spacial score (nSPS) is 18.2. The molecule has 1 fully saturated rings. The lowest BCUT2D eigenvalue weighted by Crippen LogP contribution is -2.26. The zero-order chi connectivity index (χ0) is 15.0. The predicted molar refractivity (Wildman–Crippen MR) is 78.0 cm³/mol. The van der Waals surface area contributed by atoms with Crippen LogP contribution in [0.15, 0.2) is 18.2 Å². The highest BCUT2D eigenvalue weighted by Gasteiger charge is 2.22. The number of anilines is 1. The van der Waals surface area contributed by atoms with Crippen LogP contribution in [0.4, 0.5) is 11.6 Å². The summed E-state index contributed by atoms with van der Waals surface area (Å²) in [5.74, 6) is 1.22. The fourth-order valence-electron chi connectivity index (χ4n) is 2.50. The highest BCUT2D eigenvalue weighted by atomic mass is 16.6. The van der Waals surface area contributed by atoms with Crippen LogP contribution in [0.1, 0.15) is 12.0 Å². The number of nitrogens with two attached hydrogens (primary N) is 1. The maximum Gasteiger partial charge on any atom is 0.272 e. The quantitative estimate of drug-likeness (QED) is 0.648. The molecule has 0 bridgehead atoms. The van der Waals surface area contributed by atoms with Gasteiger partial charge in [0.25, 0.3) is 5.69 Å². The maximum absolute atomic E-state index is 10.8. The number of nitro benzene ring substituents is 1. The van der Waals surface area contributed by atoms with Gasteiger partial charge in [-0.25, -0.2) is 0 Å². The summed E-state index contributed by atoms with van der Waals surface area (Å²) < 4.78 is 0. The third kappa shape index (κ3) is 2.57. The Morgan fingerprint density at radius 1 is 1.52 bits per heavy atom. The second-order valence-corrected chi connectivity index (χ2v) is 5.24. The molecule has 0 saturated carbocycles. The van der Waals surface area contributed by atoms with Gasteiger partial charge in [0.15, 0.2) is 5.82 Å². The topological polar surface area (TPSA) is 114 Å². The number of nitro groups is 1. The molecule has 2 aromatic rings. The van der Waals surface area contributed by atoms with Crippen molar-refractivity contribution in [1.82, 2.24) is 15.2 Å². The first-order valence-electron chi connectivity index (χ1n) is 6.73. The van der Waals surface area contributed by atoms with Crippen molar-refractivity contribution in [2.75, 3.05) is 18.0 Å². The third-order valence-electron chi connectivity index (χ3n) is 3.65. The molecule has 1 aromatic carbocycles. The van der Waals surface area contributed by atoms with Crippen molar-refractivity contribution in [3.8, 4) is 11.4 Å². The van der Waals surface area contributed by atoms with Gasteiger partial charge in [0.1, 0.15) is 0 Å². The van der Waals surface area contributed by atoms with Gasteiger partial charge in [-0.1, -0.05) is 0 Å². The van der Waals surface area contributed by atoms with Crippen molar-refractivity contribution in [1.29, 1.82) is 0 Å². The second kappa shape index (κ2) is 5.13. The van der Waals surface area contributed by atoms with Crippen LogP contribution in [0.25, 0.3) is 11.4 Å². The van der Waals surface area contributed by atoms with E-state index in [0.717, 1.165) is 25.1 Å². The molecule has 0 aliphatic carbocycles. The van der Waals surface area contributed by atoms with Gasteiger partial charge in [0.2, 0.25) is 5.95 Å². The minimum Gasteiger partial charge on any atom is -0.338 e. The van der Waals surface area contributed by atoms with Crippen molar-refractivity contribution >= 4 is 11.6 Å². The average molecular weight is 288 g/mol. The first-order chi connectivity index (χ1) is 10.0. The first kappa shape index (κ1) is 13.5. The van der Waals surface area contributed by atoms with Gasteiger partial charge >= 0.3 is 0 Å². The highest BCUT2D eigenvalue weighted by molar-refractivity contribution is 5.61. The van der Waals surface area contributed by atoms with Crippen molar-refractivity contribution in [3.63, 3.8) is 0 Å². The van der Waals surface area contributed by atoms with E-state index in [1.807, 2.05) is 4.90 Å². The summed E-state index contributed by atoms with van der Waals surface area (Å²) >= 11 is 0. The SMILES string of the molecule is Cc1cc(-c2nc(N3CCC(N)C3)n[nH]2)ccc1[N+](=O)[O-]. The number of hydrogen-bond acceptors (Lipinski definition) is 6. The molecule has 1 saturated heterocycles. The molecular formula is C13H16N6O2. The first-order valence-corrected chi connectivity index (χ1v) is 6.73. The zero-order valence-corrected chi connectivity index (χ0v) is 11.6. The van der Waals surface area contributed by atoms with Crippen LogP contribution < -0.4 is 10.6 Å². The molecule has 1 atom stereocenters. The van der Waals surface area contributed by atoms with Crippen molar-refractivity contribution in [2.24, 2.45) is 5.73 Å². The number of nitrogens with zero attached hydrogens (tertiary/aromatic N) is 4. The molecule has 3 N–H and O–H groups in total. The number of nitrogens with one attached hydrogen (secondary N) is 1. The van der Waals surface area contributed by atoms with Crippen LogP contribution in [0, 0.1) is 17.0 Å². The van der Waals surface area contributed by atoms with E-state index in [0.29, 0.717) is 17.3 Å².